The first-order valence-electron chi connectivity index (χ1n) is 6.53. The Morgan fingerprint density at radius 1 is 1.28 bits per heavy atom. The Kier molecular flexibility index (Phi) is 3.16. The van der Waals surface area contributed by atoms with Gasteiger partial charge in [0, 0.05) is 17.1 Å². The predicted octanol–water partition coefficient (Wildman–Crippen LogP) is 2.52. The van der Waals surface area contributed by atoms with E-state index in [0.29, 0.717) is 18.0 Å². The van der Waals surface area contributed by atoms with Gasteiger partial charge in [0.1, 0.15) is 0 Å². The molecule has 18 heavy (non-hydrogen) atoms. The molecule has 1 fully saturated rings. The number of nitrogens with one attached hydrogen (secondary N) is 2. The van der Waals surface area contributed by atoms with Crippen LogP contribution in [-0.2, 0) is 0 Å². The lowest BCUT2D eigenvalue weighted by molar-refractivity contribution is 0.322. The van der Waals surface area contributed by atoms with Crippen LogP contribution in [-0.4, -0.2) is 24.6 Å². The molecule has 1 aromatic rings. The van der Waals surface area contributed by atoms with Gasteiger partial charge in [0.05, 0.1) is 6.54 Å². The third-order valence-electron chi connectivity index (χ3n) is 3.73. The van der Waals surface area contributed by atoms with Gasteiger partial charge in [-0.1, -0.05) is 23.7 Å². The van der Waals surface area contributed by atoms with E-state index in [-0.39, 0.29) is 0 Å². The van der Waals surface area contributed by atoms with Crippen molar-refractivity contribution >= 4 is 17.6 Å². The minimum Gasteiger partial charge on any atom is -0.354 e. The van der Waals surface area contributed by atoms with Crippen molar-refractivity contribution < 1.29 is 0 Å². The van der Waals surface area contributed by atoms with E-state index in [9.17, 15) is 0 Å². The third kappa shape index (κ3) is 2.46. The first-order valence-corrected chi connectivity index (χ1v) is 6.91. The number of nitrogens with zero attached hydrogens (tertiary/aromatic N) is 1. The van der Waals surface area contributed by atoms with Crippen molar-refractivity contribution in [3.8, 4) is 0 Å². The standard InChI is InChI=1S/C14H18ClN3/c1-9-8-16-14(17-9)18-13-6-11(7-13)10-2-4-12(15)5-3-10/h2-5,9,11,13H,6-8H2,1H3,(H2,16,17,18). The van der Waals surface area contributed by atoms with E-state index in [2.05, 4.69) is 34.7 Å². The van der Waals surface area contributed by atoms with Gasteiger partial charge in [0.2, 0.25) is 0 Å². The van der Waals surface area contributed by atoms with Crippen LogP contribution in [0.5, 0.6) is 0 Å². The smallest absolute Gasteiger partial charge is 0.191 e. The zero-order chi connectivity index (χ0) is 12.5. The maximum absolute atomic E-state index is 5.90. The zero-order valence-corrected chi connectivity index (χ0v) is 11.2. The number of hydrogen-bond acceptors (Lipinski definition) is 3. The van der Waals surface area contributed by atoms with Gasteiger partial charge in [-0.2, -0.15) is 0 Å². The van der Waals surface area contributed by atoms with Crippen molar-refractivity contribution in [1.82, 2.24) is 10.6 Å². The second kappa shape index (κ2) is 4.81. The molecule has 1 aliphatic carbocycles. The van der Waals surface area contributed by atoms with Crippen LogP contribution in [0.3, 0.4) is 0 Å². The molecule has 1 heterocycles. The maximum atomic E-state index is 5.90. The molecule has 0 amide bonds. The minimum absolute atomic E-state index is 0.472. The lowest BCUT2D eigenvalue weighted by Crippen LogP contribution is -2.48. The summed E-state index contributed by atoms with van der Waals surface area (Å²) in [4.78, 5) is 4.42. The number of aliphatic imine (C=N–C) groups is 1. The molecule has 0 bridgehead atoms. The normalized spacial score (nSPS) is 30.3. The fourth-order valence-electron chi connectivity index (χ4n) is 2.58. The minimum atomic E-state index is 0.472. The Morgan fingerprint density at radius 3 is 2.61 bits per heavy atom. The van der Waals surface area contributed by atoms with E-state index in [1.807, 2.05) is 12.1 Å². The van der Waals surface area contributed by atoms with Gasteiger partial charge < -0.3 is 10.6 Å². The Labute approximate surface area is 113 Å². The summed E-state index contributed by atoms with van der Waals surface area (Å²) in [5.41, 5.74) is 1.40. The SMILES string of the molecule is CC1CN=C(NC2CC(c3ccc(Cl)cc3)C2)N1. The third-order valence-corrected chi connectivity index (χ3v) is 3.98. The van der Waals surface area contributed by atoms with Crippen LogP contribution >= 0.6 is 11.6 Å². The molecule has 0 spiro atoms. The average molecular weight is 264 g/mol. The van der Waals surface area contributed by atoms with Crippen molar-refractivity contribution in [2.24, 2.45) is 4.99 Å². The van der Waals surface area contributed by atoms with Gasteiger partial charge in [-0.15, -0.1) is 0 Å². The summed E-state index contributed by atoms with van der Waals surface area (Å²) >= 11 is 5.90. The topological polar surface area (TPSA) is 36.4 Å². The number of rotatable bonds is 2. The zero-order valence-electron chi connectivity index (χ0n) is 10.5. The molecular formula is C14H18ClN3. The van der Waals surface area contributed by atoms with Crippen molar-refractivity contribution in [3.63, 3.8) is 0 Å². The Morgan fingerprint density at radius 2 is 2.00 bits per heavy atom. The van der Waals surface area contributed by atoms with Crippen molar-refractivity contribution in [2.45, 2.75) is 37.8 Å². The van der Waals surface area contributed by atoms with E-state index in [4.69, 9.17) is 11.6 Å². The van der Waals surface area contributed by atoms with E-state index >= 15 is 0 Å². The first-order chi connectivity index (χ1) is 8.70. The van der Waals surface area contributed by atoms with Crippen LogP contribution in [0.2, 0.25) is 5.02 Å². The average Bonchev–Trinajstić information content (AvgIpc) is 2.71. The summed E-state index contributed by atoms with van der Waals surface area (Å²) in [7, 11) is 0. The second-order valence-electron chi connectivity index (χ2n) is 5.30. The second-order valence-corrected chi connectivity index (χ2v) is 5.73. The molecule has 1 atom stereocenters. The summed E-state index contributed by atoms with van der Waals surface area (Å²) in [5.74, 6) is 1.64. The van der Waals surface area contributed by atoms with Crippen LogP contribution in [0.15, 0.2) is 29.3 Å². The Hall–Kier alpha value is -1.22. The van der Waals surface area contributed by atoms with Gasteiger partial charge in [0.25, 0.3) is 0 Å². The highest BCUT2D eigenvalue weighted by Crippen LogP contribution is 2.37. The quantitative estimate of drug-likeness (QED) is 0.860. The molecule has 2 N–H and O–H groups in total. The van der Waals surface area contributed by atoms with Gasteiger partial charge >= 0.3 is 0 Å². The molecule has 3 rings (SSSR count). The summed E-state index contributed by atoms with van der Waals surface area (Å²) in [6, 6.07) is 9.25. The molecule has 3 nitrogen and oxygen atoms in total. The van der Waals surface area contributed by atoms with Crippen molar-refractivity contribution in [2.75, 3.05) is 6.54 Å². The van der Waals surface area contributed by atoms with E-state index in [0.717, 1.165) is 17.5 Å². The molecule has 1 unspecified atom stereocenters. The fraction of sp³-hybridized carbons (Fsp3) is 0.500. The summed E-state index contributed by atoms with van der Waals surface area (Å²) in [5, 5.41) is 7.62. The molecule has 1 aromatic carbocycles. The van der Waals surface area contributed by atoms with Gasteiger partial charge in [-0.25, -0.2) is 0 Å². The highest BCUT2D eigenvalue weighted by molar-refractivity contribution is 6.30. The van der Waals surface area contributed by atoms with Gasteiger partial charge in [-0.05, 0) is 43.4 Å². The van der Waals surface area contributed by atoms with Gasteiger partial charge in [-0.3, -0.25) is 4.99 Å². The van der Waals surface area contributed by atoms with Crippen LogP contribution in [0.25, 0.3) is 0 Å². The van der Waals surface area contributed by atoms with Crippen molar-refractivity contribution in [3.05, 3.63) is 34.9 Å². The lowest BCUT2D eigenvalue weighted by atomic mass is 9.76. The predicted molar refractivity (Wildman–Crippen MR) is 75.3 cm³/mol. The highest BCUT2D eigenvalue weighted by atomic mass is 35.5. The van der Waals surface area contributed by atoms with Crippen LogP contribution < -0.4 is 10.6 Å². The lowest BCUT2D eigenvalue weighted by Gasteiger charge is -2.36. The van der Waals surface area contributed by atoms with Crippen LogP contribution in [0.4, 0.5) is 0 Å². The van der Waals surface area contributed by atoms with Crippen molar-refractivity contribution in [1.29, 1.82) is 0 Å². The maximum Gasteiger partial charge on any atom is 0.191 e. The number of hydrogen-bond donors (Lipinski definition) is 2. The monoisotopic (exact) mass is 263 g/mol. The molecule has 1 aliphatic heterocycles. The van der Waals surface area contributed by atoms with E-state index in [1.54, 1.807) is 0 Å². The van der Waals surface area contributed by atoms with Crippen LogP contribution in [0.1, 0.15) is 31.2 Å². The largest absolute Gasteiger partial charge is 0.354 e. The van der Waals surface area contributed by atoms with Gasteiger partial charge in [0.15, 0.2) is 5.96 Å². The van der Waals surface area contributed by atoms with E-state index in [1.165, 1.54) is 18.4 Å². The Bertz CT molecular complexity index is 449. The van der Waals surface area contributed by atoms with Crippen LogP contribution in [0, 0.1) is 0 Å². The molecule has 0 radical (unpaired) electrons. The molecule has 0 aromatic heterocycles. The fourth-order valence-corrected chi connectivity index (χ4v) is 2.70. The first kappa shape index (κ1) is 11.8. The number of halogens is 1. The molecule has 2 aliphatic rings. The van der Waals surface area contributed by atoms with E-state index < -0.39 is 0 Å². The highest BCUT2D eigenvalue weighted by Gasteiger charge is 2.31. The summed E-state index contributed by atoms with van der Waals surface area (Å²) < 4.78 is 0. The number of guanidine groups is 1. The molecular weight excluding hydrogens is 246 g/mol. The summed E-state index contributed by atoms with van der Waals surface area (Å²) in [6.07, 6.45) is 2.35. The Balaban J connectivity index is 1.50. The molecule has 1 saturated carbocycles. The number of benzene rings is 1. The molecule has 96 valence electrons. The molecule has 0 saturated heterocycles. The summed E-state index contributed by atoms with van der Waals surface area (Å²) in [6.45, 7) is 3.03. The molecule has 4 heteroatoms.